The lowest BCUT2D eigenvalue weighted by molar-refractivity contribution is -0.130. The number of carbonyl (C=O) groups excluding carboxylic acids is 1. The third-order valence-electron chi connectivity index (χ3n) is 6.33. The first-order valence-electron chi connectivity index (χ1n) is 11.7. The zero-order chi connectivity index (χ0) is 23.7. The summed E-state index contributed by atoms with van der Waals surface area (Å²) in [6.45, 7) is 10.9. The van der Waals surface area contributed by atoms with E-state index in [0.717, 1.165) is 59.3 Å². The van der Waals surface area contributed by atoms with E-state index < -0.39 is 0 Å². The minimum atomic E-state index is 0.170. The minimum absolute atomic E-state index is 0.170. The van der Waals surface area contributed by atoms with Gasteiger partial charge in [-0.3, -0.25) is 19.8 Å². The Bertz CT molecular complexity index is 1100. The van der Waals surface area contributed by atoms with Gasteiger partial charge in [0.25, 0.3) is 0 Å². The largest absolute Gasteiger partial charge is 0.348 e. The highest BCUT2D eigenvalue weighted by Gasteiger charge is 2.26. The molecule has 1 N–H and O–H groups in total. The van der Waals surface area contributed by atoms with E-state index in [-0.39, 0.29) is 5.91 Å². The first-order valence-corrected chi connectivity index (χ1v) is 12.5. The van der Waals surface area contributed by atoms with Crippen LogP contribution in [0.25, 0.3) is 22.0 Å². The summed E-state index contributed by atoms with van der Waals surface area (Å²) in [5, 5.41) is 8.98. The van der Waals surface area contributed by atoms with Crippen LogP contribution in [0.1, 0.15) is 60.4 Å². The number of nitrogens with one attached hydrogen (secondary N) is 1. The first-order chi connectivity index (χ1) is 15.7. The molecular weight excluding hydrogens is 432 g/mol. The Labute approximate surface area is 200 Å². The standard InChI is InChI=1S/C25H34N6OS/c1-15(2)22-23(19-11-16(3)27-17(4)12-19)28-29-24(22)25-26-13-20(33-25)18-7-9-31(10-8-18)14-21(32)30(5)6/h11-13,15,18H,7-10,14H2,1-6H3,(H,28,29). The minimum Gasteiger partial charge on any atom is -0.348 e. The summed E-state index contributed by atoms with van der Waals surface area (Å²) in [6.07, 6.45) is 4.14. The molecule has 1 fully saturated rings. The van der Waals surface area contributed by atoms with E-state index in [2.05, 4.69) is 41.0 Å². The van der Waals surface area contributed by atoms with Crippen LogP contribution in [0.2, 0.25) is 0 Å². The van der Waals surface area contributed by atoms with Gasteiger partial charge in [0, 0.05) is 47.7 Å². The van der Waals surface area contributed by atoms with Gasteiger partial charge in [-0.2, -0.15) is 5.10 Å². The van der Waals surface area contributed by atoms with Gasteiger partial charge < -0.3 is 4.90 Å². The number of aromatic nitrogens is 4. The number of aryl methyl sites for hydroxylation is 2. The molecule has 0 radical (unpaired) electrons. The molecule has 4 rings (SSSR count). The lowest BCUT2D eigenvalue weighted by Crippen LogP contribution is -2.40. The highest BCUT2D eigenvalue weighted by atomic mass is 32.1. The van der Waals surface area contributed by atoms with Crippen molar-refractivity contribution in [2.24, 2.45) is 0 Å². The second-order valence-electron chi connectivity index (χ2n) is 9.56. The van der Waals surface area contributed by atoms with E-state index >= 15 is 0 Å². The highest BCUT2D eigenvalue weighted by molar-refractivity contribution is 7.15. The lowest BCUT2D eigenvalue weighted by atomic mass is 9.96. The number of nitrogens with zero attached hydrogens (tertiary/aromatic N) is 5. The Balaban J connectivity index is 1.53. The normalized spacial score (nSPS) is 15.4. The molecule has 0 spiro atoms. The van der Waals surface area contributed by atoms with Gasteiger partial charge in [0.05, 0.1) is 12.2 Å². The van der Waals surface area contributed by atoms with E-state index in [0.29, 0.717) is 18.4 Å². The maximum Gasteiger partial charge on any atom is 0.236 e. The number of hydrogen-bond donors (Lipinski definition) is 1. The van der Waals surface area contributed by atoms with Crippen LogP contribution in [0.3, 0.4) is 0 Å². The maximum atomic E-state index is 12.0. The van der Waals surface area contributed by atoms with Gasteiger partial charge >= 0.3 is 0 Å². The molecule has 0 aromatic carbocycles. The van der Waals surface area contributed by atoms with Crippen molar-refractivity contribution in [2.45, 2.75) is 52.4 Å². The predicted octanol–water partition coefficient (Wildman–Crippen LogP) is 4.60. The van der Waals surface area contributed by atoms with E-state index in [1.54, 1.807) is 16.2 Å². The fourth-order valence-electron chi connectivity index (χ4n) is 4.57. The molecule has 0 unspecified atom stereocenters. The molecule has 7 nitrogen and oxygen atoms in total. The number of amides is 1. The smallest absolute Gasteiger partial charge is 0.236 e. The molecule has 176 valence electrons. The Hall–Kier alpha value is -2.58. The monoisotopic (exact) mass is 466 g/mol. The second kappa shape index (κ2) is 9.73. The van der Waals surface area contributed by atoms with Crippen molar-refractivity contribution >= 4 is 17.2 Å². The van der Waals surface area contributed by atoms with E-state index in [1.165, 1.54) is 10.4 Å². The molecule has 1 amide bonds. The highest BCUT2D eigenvalue weighted by Crippen LogP contribution is 2.40. The SMILES string of the molecule is Cc1cc(-c2[nH]nc(-c3ncc(C4CCN(CC(=O)N(C)C)CC4)s3)c2C(C)C)cc(C)n1. The second-order valence-corrected chi connectivity index (χ2v) is 10.6. The number of likely N-dealkylation sites (tertiary alicyclic amines) is 1. The van der Waals surface area contributed by atoms with Gasteiger partial charge in [0.2, 0.25) is 5.91 Å². The van der Waals surface area contributed by atoms with Gasteiger partial charge in [-0.25, -0.2) is 4.98 Å². The van der Waals surface area contributed by atoms with Crippen molar-refractivity contribution in [1.29, 1.82) is 0 Å². The molecular formula is C25H34N6OS. The Morgan fingerprint density at radius 3 is 2.48 bits per heavy atom. The van der Waals surface area contributed by atoms with Crippen molar-refractivity contribution in [3.63, 3.8) is 0 Å². The average molecular weight is 467 g/mol. The van der Waals surface area contributed by atoms with Crippen LogP contribution < -0.4 is 0 Å². The van der Waals surface area contributed by atoms with Crippen LogP contribution in [-0.2, 0) is 4.79 Å². The molecule has 0 bridgehead atoms. The van der Waals surface area contributed by atoms with Gasteiger partial charge in [-0.15, -0.1) is 11.3 Å². The number of likely N-dealkylation sites (N-methyl/N-ethyl adjacent to an activating group) is 1. The number of aromatic amines is 1. The van der Waals surface area contributed by atoms with Crippen LogP contribution in [0.4, 0.5) is 0 Å². The fraction of sp³-hybridized carbons (Fsp3) is 0.520. The van der Waals surface area contributed by atoms with Crippen molar-refractivity contribution in [1.82, 2.24) is 30.0 Å². The Morgan fingerprint density at radius 2 is 1.88 bits per heavy atom. The number of thiazole rings is 1. The average Bonchev–Trinajstić information content (AvgIpc) is 3.41. The van der Waals surface area contributed by atoms with Crippen LogP contribution in [-0.4, -0.2) is 69.6 Å². The van der Waals surface area contributed by atoms with E-state index in [9.17, 15) is 4.79 Å². The molecule has 3 aromatic heterocycles. The number of pyridine rings is 1. The topological polar surface area (TPSA) is 78.0 Å². The Morgan fingerprint density at radius 1 is 1.21 bits per heavy atom. The summed E-state index contributed by atoms with van der Waals surface area (Å²) in [7, 11) is 3.63. The van der Waals surface area contributed by atoms with Crippen LogP contribution in [0.15, 0.2) is 18.3 Å². The van der Waals surface area contributed by atoms with Crippen LogP contribution in [0, 0.1) is 13.8 Å². The number of H-pyrrole nitrogens is 1. The molecule has 0 aliphatic carbocycles. The number of piperidine rings is 1. The summed E-state index contributed by atoms with van der Waals surface area (Å²) in [6, 6.07) is 4.22. The maximum absolute atomic E-state index is 12.0. The molecule has 8 heteroatoms. The Kier molecular flexibility index (Phi) is 6.95. The van der Waals surface area contributed by atoms with Crippen molar-refractivity contribution in [3.05, 3.63) is 40.2 Å². The summed E-state index contributed by atoms with van der Waals surface area (Å²) >= 11 is 1.76. The molecule has 33 heavy (non-hydrogen) atoms. The zero-order valence-corrected chi connectivity index (χ0v) is 21.3. The number of hydrogen-bond acceptors (Lipinski definition) is 6. The van der Waals surface area contributed by atoms with E-state index in [1.807, 2.05) is 34.1 Å². The summed E-state index contributed by atoms with van der Waals surface area (Å²) < 4.78 is 0. The van der Waals surface area contributed by atoms with Gasteiger partial charge in [0.1, 0.15) is 10.7 Å². The number of rotatable bonds is 6. The zero-order valence-electron chi connectivity index (χ0n) is 20.5. The molecule has 3 aromatic rings. The fourth-order valence-corrected chi connectivity index (χ4v) is 5.66. The lowest BCUT2D eigenvalue weighted by Gasteiger charge is -2.31. The third kappa shape index (κ3) is 5.17. The van der Waals surface area contributed by atoms with Crippen molar-refractivity contribution in [3.8, 4) is 22.0 Å². The molecule has 0 saturated carbocycles. The predicted molar refractivity (Wildman–Crippen MR) is 134 cm³/mol. The quantitative estimate of drug-likeness (QED) is 0.574. The summed E-state index contributed by atoms with van der Waals surface area (Å²) in [5.74, 6) is 0.976. The van der Waals surface area contributed by atoms with Gasteiger partial charge in [0.15, 0.2) is 0 Å². The first kappa shape index (κ1) is 23.6. The third-order valence-corrected chi connectivity index (χ3v) is 7.49. The summed E-state index contributed by atoms with van der Waals surface area (Å²) in [4.78, 5) is 26.6. The van der Waals surface area contributed by atoms with Crippen LogP contribution >= 0.6 is 11.3 Å². The van der Waals surface area contributed by atoms with Crippen LogP contribution in [0.5, 0.6) is 0 Å². The summed E-state index contributed by atoms with van der Waals surface area (Å²) in [5.41, 5.74) is 6.36. The molecule has 0 atom stereocenters. The van der Waals surface area contributed by atoms with Gasteiger partial charge in [-0.05, 0) is 63.7 Å². The van der Waals surface area contributed by atoms with E-state index in [4.69, 9.17) is 10.1 Å². The van der Waals surface area contributed by atoms with Gasteiger partial charge in [-0.1, -0.05) is 13.8 Å². The number of carbonyl (C=O) groups is 1. The van der Waals surface area contributed by atoms with Crippen molar-refractivity contribution < 1.29 is 4.79 Å². The molecule has 4 heterocycles. The molecule has 1 aliphatic rings. The molecule has 1 saturated heterocycles. The van der Waals surface area contributed by atoms with Crippen molar-refractivity contribution in [2.75, 3.05) is 33.7 Å². The molecule has 1 aliphatic heterocycles.